The lowest BCUT2D eigenvalue weighted by Crippen LogP contribution is -2.10. The van der Waals surface area contributed by atoms with Crippen LogP contribution in [0.15, 0.2) is 18.2 Å². The third kappa shape index (κ3) is 3.91. The Balaban J connectivity index is 2.28. The van der Waals surface area contributed by atoms with Crippen molar-refractivity contribution in [3.05, 3.63) is 34.3 Å². The van der Waals surface area contributed by atoms with Crippen molar-refractivity contribution >= 4 is 34.8 Å². The van der Waals surface area contributed by atoms with Crippen molar-refractivity contribution in [1.29, 1.82) is 0 Å². The summed E-state index contributed by atoms with van der Waals surface area (Å²) >= 11 is 11.6. The van der Waals surface area contributed by atoms with E-state index in [1.165, 1.54) is 18.2 Å². The molecule has 0 aliphatic heterocycles. The normalized spacial score (nSPS) is 10.7. The maximum atomic E-state index is 13.6. The van der Waals surface area contributed by atoms with Crippen LogP contribution in [0.3, 0.4) is 0 Å². The number of hydrogen-bond donors (Lipinski definition) is 1. The van der Waals surface area contributed by atoms with Gasteiger partial charge < -0.3 is 10.1 Å². The molecule has 1 N–H and O–H groups in total. The van der Waals surface area contributed by atoms with Crippen LogP contribution < -0.4 is 10.1 Å². The zero-order chi connectivity index (χ0) is 14.7. The summed E-state index contributed by atoms with van der Waals surface area (Å²) in [5.41, 5.74) is 0.135. The summed E-state index contributed by atoms with van der Waals surface area (Å²) in [5, 5.41) is 3.01. The van der Waals surface area contributed by atoms with E-state index in [4.69, 9.17) is 27.9 Å². The molecule has 0 unspecified atom stereocenters. The minimum absolute atomic E-state index is 0.0550. The van der Waals surface area contributed by atoms with Crippen LogP contribution in [0.4, 0.5) is 16.0 Å². The molecule has 0 saturated carbocycles. The molecule has 0 amide bonds. The largest absolute Gasteiger partial charge is 0.461 e. The van der Waals surface area contributed by atoms with E-state index in [0.717, 1.165) is 0 Å². The highest BCUT2D eigenvalue weighted by atomic mass is 35.5. The molecule has 0 fully saturated rings. The van der Waals surface area contributed by atoms with Crippen molar-refractivity contribution in [2.45, 2.75) is 20.0 Å². The fourth-order valence-electron chi connectivity index (χ4n) is 1.37. The third-order valence-electron chi connectivity index (χ3n) is 2.10. The highest BCUT2D eigenvalue weighted by Gasteiger charge is 2.10. The van der Waals surface area contributed by atoms with Crippen LogP contribution in [-0.2, 0) is 0 Å². The van der Waals surface area contributed by atoms with Gasteiger partial charge in [0.25, 0.3) is 0 Å². The highest BCUT2D eigenvalue weighted by Crippen LogP contribution is 2.23. The van der Waals surface area contributed by atoms with Gasteiger partial charge >= 0.3 is 6.01 Å². The van der Waals surface area contributed by atoms with E-state index in [2.05, 4.69) is 20.3 Å². The van der Waals surface area contributed by atoms with Crippen LogP contribution >= 0.6 is 23.2 Å². The van der Waals surface area contributed by atoms with Crippen molar-refractivity contribution < 1.29 is 9.13 Å². The van der Waals surface area contributed by atoms with Crippen LogP contribution in [0, 0.1) is 5.82 Å². The monoisotopic (exact) mass is 316 g/mol. The molecular formula is C12H11Cl2FN4O. The van der Waals surface area contributed by atoms with Gasteiger partial charge in [-0.2, -0.15) is 15.0 Å². The average molecular weight is 317 g/mol. The van der Waals surface area contributed by atoms with Crippen LogP contribution in [-0.4, -0.2) is 21.1 Å². The molecule has 20 heavy (non-hydrogen) atoms. The molecule has 0 radical (unpaired) electrons. The maximum absolute atomic E-state index is 13.6. The number of ether oxygens (including phenoxy) is 1. The highest BCUT2D eigenvalue weighted by molar-refractivity contribution is 6.30. The number of halogens is 3. The summed E-state index contributed by atoms with van der Waals surface area (Å²) in [6.45, 7) is 3.64. The number of aromatic nitrogens is 3. The first-order chi connectivity index (χ1) is 9.44. The molecule has 0 bridgehead atoms. The topological polar surface area (TPSA) is 59.9 Å². The number of hydrogen-bond acceptors (Lipinski definition) is 5. The molecule has 1 heterocycles. The molecule has 2 aromatic rings. The molecule has 2 rings (SSSR count). The second kappa shape index (κ2) is 6.19. The molecule has 1 aromatic carbocycles. The summed E-state index contributed by atoms with van der Waals surface area (Å²) < 4.78 is 18.9. The SMILES string of the molecule is CC(C)Oc1nc(Cl)nc(Nc2cc(Cl)ccc2F)n1. The number of nitrogens with zero attached hydrogens (tertiary/aromatic N) is 3. The van der Waals surface area contributed by atoms with Crippen LogP contribution in [0.2, 0.25) is 10.3 Å². The van der Waals surface area contributed by atoms with Gasteiger partial charge in [0.15, 0.2) is 0 Å². The predicted octanol–water partition coefficient (Wildman–Crippen LogP) is 3.85. The van der Waals surface area contributed by atoms with Crippen molar-refractivity contribution in [3.8, 4) is 6.01 Å². The first-order valence-electron chi connectivity index (χ1n) is 5.74. The lowest BCUT2D eigenvalue weighted by atomic mass is 10.3. The Hall–Kier alpha value is -1.66. The lowest BCUT2D eigenvalue weighted by molar-refractivity contribution is 0.222. The molecule has 0 spiro atoms. The van der Waals surface area contributed by atoms with Crippen molar-refractivity contribution in [3.63, 3.8) is 0 Å². The predicted molar refractivity (Wildman–Crippen MR) is 75.3 cm³/mol. The smallest absolute Gasteiger partial charge is 0.322 e. The van der Waals surface area contributed by atoms with Crippen molar-refractivity contribution in [2.24, 2.45) is 0 Å². The summed E-state index contributed by atoms with van der Waals surface area (Å²) in [7, 11) is 0. The van der Waals surface area contributed by atoms with Gasteiger partial charge in [0.05, 0.1) is 11.8 Å². The van der Waals surface area contributed by atoms with E-state index in [0.29, 0.717) is 5.02 Å². The van der Waals surface area contributed by atoms with E-state index >= 15 is 0 Å². The molecule has 8 heteroatoms. The molecule has 106 valence electrons. The Morgan fingerprint density at radius 1 is 1.20 bits per heavy atom. The van der Waals surface area contributed by atoms with Crippen LogP contribution in [0.25, 0.3) is 0 Å². The molecule has 5 nitrogen and oxygen atoms in total. The summed E-state index contributed by atoms with van der Waals surface area (Å²) in [6.07, 6.45) is -0.121. The third-order valence-corrected chi connectivity index (χ3v) is 2.51. The van der Waals surface area contributed by atoms with E-state index < -0.39 is 5.82 Å². The van der Waals surface area contributed by atoms with E-state index in [1.807, 2.05) is 13.8 Å². The van der Waals surface area contributed by atoms with E-state index in [-0.39, 0.29) is 29.0 Å². The number of benzene rings is 1. The van der Waals surface area contributed by atoms with Crippen molar-refractivity contribution in [1.82, 2.24) is 15.0 Å². The van der Waals surface area contributed by atoms with E-state index in [1.54, 1.807) is 0 Å². The zero-order valence-corrected chi connectivity index (χ0v) is 12.2. The standard InChI is InChI=1S/C12H11Cl2FN4O/c1-6(2)20-12-18-10(14)17-11(19-12)16-9-5-7(13)3-4-8(9)15/h3-6H,1-2H3,(H,16,17,18,19). The lowest BCUT2D eigenvalue weighted by Gasteiger charge is -2.10. The minimum Gasteiger partial charge on any atom is -0.461 e. The Bertz CT molecular complexity index is 624. The number of nitrogens with one attached hydrogen (secondary N) is 1. The van der Waals surface area contributed by atoms with Gasteiger partial charge in [0.1, 0.15) is 5.82 Å². The first-order valence-corrected chi connectivity index (χ1v) is 6.50. The Morgan fingerprint density at radius 2 is 1.95 bits per heavy atom. The fourth-order valence-corrected chi connectivity index (χ4v) is 1.69. The van der Waals surface area contributed by atoms with Crippen molar-refractivity contribution in [2.75, 3.05) is 5.32 Å². The van der Waals surface area contributed by atoms with Gasteiger partial charge in [-0.25, -0.2) is 4.39 Å². The second-order valence-electron chi connectivity index (χ2n) is 4.13. The van der Waals surface area contributed by atoms with Crippen LogP contribution in [0.1, 0.15) is 13.8 Å². The Labute approximate surface area is 125 Å². The second-order valence-corrected chi connectivity index (χ2v) is 4.90. The Kier molecular flexibility index (Phi) is 4.57. The van der Waals surface area contributed by atoms with Gasteiger partial charge in [0, 0.05) is 5.02 Å². The zero-order valence-electron chi connectivity index (χ0n) is 10.7. The van der Waals surface area contributed by atoms with Crippen LogP contribution in [0.5, 0.6) is 6.01 Å². The number of rotatable bonds is 4. The molecule has 0 aliphatic rings. The molecule has 1 aromatic heterocycles. The summed E-state index contributed by atoms with van der Waals surface area (Å²) in [6, 6.07) is 4.15. The summed E-state index contributed by atoms with van der Waals surface area (Å²) in [4.78, 5) is 11.7. The maximum Gasteiger partial charge on any atom is 0.322 e. The first kappa shape index (κ1) is 14.7. The molecular weight excluding hydrogens is 306 g/mol. The molecule has 0 atom stereocenters. The fraction of sp³-hybridized carbons (Fsp3) is 0.250. The van der Waals surface area contributed by atoms with Gasteiger partial charge in [0.2, 0.25) is 11.2 Å². The van der Waals surface area contributed by atoms with Gasteiger partial charge in [-0.15, -0.1) is 0 Å². The minimum atomic E-state index is -0.489. The van der Waals surface area contributed by atoms with E-state index in [9.17, 15) is 4.39 Å². The number of anilines is 2. The van der Waals surface area contributed by atoms with Gasteiger partial charge in [-0.05, 0) is 43.6 Å². The average Bonchev–Trinajstić information content (AvgIpc) is 2.32. The molecule has 0 saturated heterocycles. The summed E-state index contributed by atoms with van der Waals surface area (Å²) in [5.74, 6) is -0.418. The Morgan fingerprint density at radius 3 is 2.65 bits per heavy atom. The van der Waals surface area contributed by atoms with Gasteiger partial charge in [-0.1, -0.05) is 11.6 Å². The van der Waals surface area contributed by atoms with Gasteiger partial charge in [-0.3, -0.25) is 0 Å². The molecule has 0 aliphatic carbocycles. The quantitative estimate of drug-likeness (QED) is 0.928.